The molecule has 2 atom stereocenters. The molecule has 1 saturated heterocycles. The van der Waals surface area contributed by atoms with Crippen molar-refractivity contribution >= 4 is 25.9 Å². The Bertz CT molecular complexity index is 515. The number of nitrogens with zero attached hydrogens (tertiary/aromatic N) is 3. The van der Waals surface area contributed by atoms with E-state index < -0.39 is 8.24 Å². The van der Waals surface area contributed by atoms with E-state index in [1.807, 2.05) is 6.07 Å². The monoisotopic (exact) mass is 323 g/mol. The molecule has 1 unspecified atom stereocenters. The molecule has 0 N–H and O–H groups in total. The minimum Gasteiger partial charge on any atom is -0.365 e. The number of carbonyl (C=O) groups is 1. The Morgan fingerprint density at radius 2 is 1.90 bits per heavy atom. The smallest absolute Gasteiger partial charge is 0.217 e. The number of rotatable bonds is 4. The molecule has 0 spiro atoms. The van der Waals surface area contributed by atoms with Gasteiger partial charge in [-0.3, -0.25) is 4.79 Å². The predicted octanol–water partition coefficient (Wildman–Crippen LogP) is 3.56. The highest BCUT2D eigenvalue weighted by atomic mass is 32.2. The molecular formula is C15H25N3OSSi. The Morgan fingerprint density at radius 1 is 1.33 bits per heavy atom. The van der Waals surface area contributed by atoms with E-state index in [9.17, 15) is 4.79 Å². The molecule has 2 heterocycles. The first-order valence-corrected chi connectivity index (χ1v) is 11.2. The van der Waals surface area contributed by atoms with Crippen molar-refractivity contribution in [1.82, 2.24) is 14.5 Å². The van der Waals surface area contributed by atoms with Crippen molar-refractivity contribution in [1.29, 1.82) is 0 Å². The van der Waals surface area contributed by atoms with Crippen LogP contribution in [-0.2, 0) is 4.79 Å². The molecule has 1 aliphatic rings. The van der Waals surface area contributed by atoms with Gasteiger partial charge < -0.3 is 4.57 Å². The lowest BCUT2D eigenvalue weighted by molar-refractivity contribution is -0.138. The van der Waals surface area contributed by atoms with Crippen molar-refractivity contribution in [2.24, 2.45) is 0 Å². The predicted molar refractivity (Wildman–Crippen MR) is 89.8 cm³/mol. The number of hydrogen-bond donors (Lipinski definition) is 0. The maximum Gasteiger partial charge on any atom is 0.217 e. The highest BCUT2D eigenvalue weighted by molar-refractivity contribution is 7.99. The van der Waals surface area contributed by atoms with Crippen LogP contribution in [0, 0.1) is 0 Å². The number of hydrogen-bond acceptors (Lipinski definition) is 4. The van der Waals surface area contributed by atoms with Crippen LogP contribution >= 0.6 is 11.8 Å². The molecule has 0 bridgehead atoms. The zero-order chi connectivity index (χ0) is 15.8. The van der Waals surface area contributed by atoms with Crippen LogP contribution in [0.15, 0.2) is 23.6 Å². The first-order chi connectivity index (χ1) is 9.64. The molecule has 2 rings (SSSR count). The van der Waals surface area contributed by atoms with Crippen LogP contribution in [0.25, 0.3) is 0 Å². The number of thioether (sulfide) groups is 1. The molecule has 1 aromatic rings. The third-order valence-corrected chi connectivity index (χ3v) is 11.4. The summed E-state index contributed by atoms with van der Waals surface area (Å²) in [5, 5.41) is 1.29. The Labute approximate surface area is 132 Å². The topological polar surface area (TPSA) is 46.1 Å². The van der Waals surface area contributed by atoms with Crippen LogP contribution in [-0.4, -0.2) is 40.0 Å². The molecular weight excluding hydrogens is 298 g/mol. The minimum atomic E-state index is -1.80. The second kappa shape index (κ2) is 5.72. The van der Waals surface area contributed by atoms with Crippen molar-refractivity contribution in [3.8, 4) is 0 Å². The van der Waals surface area contributed by atoms with Gasteiger partial charge in [-0.25, -0.2) is 9.97 Å². The highest BCUT2D eigenvalue weighted by Crippen LogP contribution is 2.45. The lowest BCUT2D eigenvalue weighted by Gasteiger charge is -2.56. The highest BCUT2D eigenvalue weighted by Gasteiger charge is 2.53. The van der Waals surface area contributed by atoms with Gasteiger partial charge in [-0.1, -0.05) is 52.6 Å². The van der Waals surface area contributed by atoms with E-state index in [0.29, 0.717) is 23.6 Å². The van der Waals surface area contributed by atoms with Crippen molar-refractivity contribution in [2.45, 2.75) is 68.7 Å². The van der Waals surface area contributed by atoms with E-state index in [2.05, 4.69) is 55.3 Å². The summed E-state index contributed by atoms with van der Waals surface area (Å²) in [4.78, 5) is 20.8. The van der Waals surface area contributed by atoms with Gasteiger partial charge in [0.2, 0.25) is 5.91 Å². The summed E-state index contributed by atoms with van der Waals surface area (Å²) in [6.07, 6.45) is 4.19. The van der Waals surface area contributed by atoms with Crippen LogP contribution in [0.3, 0.4) is 0 Å². The van der Waals surface area contributed by atoms with Crippen LogP contribution in [0.2, 0.25) is 18.1 Å². The van der Waals surface area contributed by atoms with E-state index in [-0.39, 0.29) is 5.04 Å². The van der Waals surface area contributed by atoms with E-state index in [4.69, 9.17) is 0 Å². The number of amides is 1. The van der Waals surface area contributed by atoms with Crippen LogP contribution < -0.4 is 0 Å². The van der Waals surface area contributed by atoms with Gasteiger partial charge >= 0.3 is 0 Å². The fraction of sp³-hybridized carbons (Fsp3) is 0.667. The Hall–Kier alpha value is -0.883. The molecule has 6 heteroatoms. The van der Waals surface area contributed by atoms with Gasteiger partial charge in [0.15, 0.2) is 13.4 Å². The van der Waals surface area contributed by atoms with Crippen LogP contribution in [0.4, 0.5) is 0 Å². The molecule has 1 aromatic heterocycles. The average Bonchev–Trinajstić information content (AvgIpc) is 2.34. The zero-order valence-electron chi connectivity index (χ0n) is 13.8. The molecule has 0 radical (unpaired) electrons. The molecule has 0 aliphatic carbocycles. The van der Waals surface area contributed by atoms with Crippen LogP contribution in [0.5, 0.6) is 0 Å². The third kappa shape index (κ3) is 3.16. The molecule has 0 saturated carbocycles. The SMILES string of the molecule is CC(Sc1ncccn1)[C@H]1CC(=O)N1[Si](C)(C)C(C)(C)C. The molecule has 1 aliphatic heterocycles. The van der Waals surface area contributed by atoms with E-state index >= 15 is 0 Å². The van der Waals surface area contributed by atoms with Gasteiger partial charge in [0.05, 0.1) is 0 Å². The van der Waals surface area contributed by atoms with Gasteiger partial charge in [-0.05, 0) is 11.1 Å². The van der Waals surface area contributed by atoms with Gasteiger partial charge in [-0.2, -0.15) is 0 Å². The second-order valence-electron chi connectivity index (χ2n) is 7.20. The first kappa shape index (κ1) is 16.5. The standard InChI is InChI=1S/C15H25N3OSSi/c1-11(20-14-16-8-7-9-17-14)12-10-13(19)18(12)21(5,6)15(2,3)4/h7-9,11-12H,10H2,1-6H3/t11?,12-/m1/s1. The lowest BCUT2D eigenvalue weighted by Crippen LogP contribution is -2.70. The Morgan fingerprint density at radius 3 is 2.38 bits per heavy atom. The summed E-state index contributed by atoms with van der Waals surface area (Å²) >= 11 is 1.67. The van der Waals surface area contributed by atoms with Crippen molar-refractivity contribution in [2.75, 3.05) is 0 Å². The fourth-order valence-corrected chi connectivity index (χ4v) is 6.14. The summed E-state index contributed by atoms with van der Waals surface area (Å²) in [7, 11) is -1.80. The van der Waals surface area contributed by atoms with Gasteiger partial charge in [0.1, 0.15) is 0 Å². The summed E-state index contributed by atoms with van der Waals surface area (Å²) < 4.78 is 2.20. The molecule has 1 fully saturated rings. The number of aromatic nitrogens is 2. The van der Waals surface area contributed by atoms with Gasteiger partial charge in [0.25, 0.3) is 0 Å². The number of carbonyl (C=O) groups excluding carboxylic acids is 1. The zero-order valence-corrected chi connectivity index (χ0v) is 15.6. The summed E-state index contributed by atoms with van der Waals surface area (Å²) in [6.45, 7) is 13.5. The average molecular weight is 324 g/mol. The summed E-state index contributed by atoms with van der Waals surface area (Å²) in [6, 6.07) is 2.14. The molecule has 4 nitrogen and oxygen atoms in total. The Balaban J connectivity index is 2.12. The van der Waals surface area contributed by atoms with E-state index in [1.165, 1.54) is 0 Å². The Kier molecular flexibility index (Phi) is 4.49. The van der Waals surface area contributed by atoms with Crippen molar-refractivity contribution < 1.29 is 4.79 Å². The minimum absolute atomic E-state index is 0.176. The summed E-state index contributed by atoms with van der Waals surface area (Å²) in [5.41, 5.74) is 0. The van der Waals surface area contributed by atoms with Gasteiger partial charge in [0, 0.05) is 30.1 Å². The largest absolute Gasteiger partial charge is 0.365 e. The van der Waals surface area contributed by atoms with Crippen LogP contribution in [0.1, 0.15) is 34.1 Å². The quantitative estimate of drug-likeness (QED) is 0.368. The molecule has 0 aromatic carbocycles. The second-order valence-corrected chi connectivity index (χ2v) is 13.6. The van der Waals surface area contributed by atoms with Crippen molar-refractivity contribution in [3.63, 3.8) is 0 Å². The number of β-lactam (4-membered cyclic amide) rings is 1. The van der Waals surface area contributed by atoms with E-state index in [0.717, 1.165) is 5.16 Å². The summed E-state index contributed by atoms with van der Waals surface area (Å²) in [5.74, 6) is 0.313. The van der Waals surface area contributed by atoms with E-state index in [1.54, 1.807) is 24.2 Å². The maximum atomic E-state index is 12.2. The third-order valence-electron chi connectivity index (χ3n) is 4.80. The first-order valence-electron chi connectivity index (χ1n) is 7.40. The molecule has 116 valence electrons. The lowest BCUT2D eigenvalue weighted by atomic mass is 10.0. The molecule has 1 amide bonds. The fourth-order valence-electron chi connectivity index (χ4n) is 2.50. The van der Waals surface area contributed by atoms with Crippen molar-refractivity contribution in [3.05, 3.63) is 18.5 Å². The molecule has 21 heavy (non-hydrogen) atoms. The van der Waals surface area contributed by atoms with Gasteiger partial charge in [-0.15, -0.1) is 0 Å². The maximum absolute atomic E-state index is 12.2. The normalized spacial score (nSPS) is 21.1.